The second kappa shape index (κ2) is 5.98. The van der Waals surface area contributed by atoms with Gasteiger partial charge in [-0.3, -0.25) is 4.98 Å². The fourth-order valence-corrected chi connectivity index (χ4v) is 5.13. The smallest absolute Gasteiger partial charge is 0.134 e. The average Bonchev–Trinajstić information content (AvgIpc) is 2.63. The van der Waals surface area contributed by atoms with E-state index in [1.54, 1.807) is 0 Å². The van der Waals surface area contributed by atoms with Gasteiger partial charge in [0.15, 0.2) is 0 Å². The highest BCUT2D eigenvalue weighted by molar-refractivity contribution is 5.82. The van der Waals surface area contributed by atoms with Crippen LogP contribution in [0.1, 0.15) is 24.5 Å². The van der Waals surface area contributed by atoms with E-state index in [9.17, 15) is 0 Å². The Morgan fingerprint density at radius 2 is 2.17 bits per heavy atom. The number of hydrogen-bond donors (Lipinski definition) is 0. The summed E-state index contributed by atoms with van der Waals surface area (Å²) in [5, 5.41) is 1.22. The van der Waals surface area contributed by atoms with Gasteiger partial charge in [0.25, 0.3) is 0 Å². The van der Waals surface area contributed by atoms with Crippen LogP contribution >= 0.6 is 0 Å². The van der Waals surface area contributed by atoms with E-state index >= 15 is 0 Å². The molecule has 2 bridgehead atoms. The molecule has 5 rings (SSSR count). The zero-order valence-corrected chi connectivity index (χ0v) is 14.7. The molecular formula is C21H27N2O+. The van der Waals surface area contributed by atoms with E-state index in [4.69, 9.17) is 4.74 Å². The predicted octanol–water partition coefficient (Wildman–Crippen LogP) is 3.96. The molecule has 3 aliphatic heterocycles. The normalized spacial score (nSPS) is 33.5. The first-order chi connectivity index (χ1) is 11.7. The lowest BCUT2D eigenvalue weighted by molar-refractivity contribution is -0.956. The summed E-state index contributed by atoms with van der Waals surface area (Å²) in [6, 6.07) is 11.1. The number of likely N-dealkylation sites (N-methyl/N-ethyl adjacent to an activating group) is 1. The summed E-state index contributed by atoms with van der Waals surface area (Å²) in [7, 11) is 4.27. The number of ether oxygens (including phenoxy) is 1. The molecule has 1 aromatic heterocycles. The molecule has 3 aliphatic rings. The first kappa shape index (κ1) is 15.8. The number of aromatic nitrogens is 1. The highest BCUT2D eigenvalue weighted by Crippen LogP contribution is 2.46. The second-order valence-corrected chi connectivity index (χ2v) is 7.71. The maximum atomic E-state index is 6.10. The van der Waals surface area contributed by atoms with Crippen molar-refractivity contribution >= 4 is 10.9 Å². The summed E-state index contributed by atoms with van der Waals surface area (Å²) in [5.41, 5.74) is 2.34. The lowest BCUT2D eigenvalue weighted by Crippen LogP contribution is -2.66. The van der Waals surface area contributed by atoms with Crippen LogP contribution in [-0.4, -0.2) is 42.8 Å². The summed E-state index contributed by atoms with van der Waals surface area (Å²) in [6.07, 6.45) is 6.77. The largest absolute Gasteiger partial charge is 0.370 e. The molecular weight excluding hydrogens is 296 g/mol. The topological polar surface area (TPSA) is 22.1 Å². The fraction of sp³-hybridized carbons (Fsp3) is 0.476. The Labute approximate surface area is 144 Å². The van der Waals surface area contributed by atoms with E-state index in [1.165, 1.54) is 36.9 Å². The van der Waals surface area contributed by atoms with Crippen LogP contribution in [-0.2, 0) is 4.74 Å². The van der Waals surface area contributed by atoms with Crippen LogP contribution in [0.5, 0.6) is 0 Å². The minimum absolute atomic E-state index is 0.122. The minimum atomic E-state index is 0.122. The third kappa shape index (κ3) is 2.38. The molecule has 3 nitrogen and oxygen atoms in total. The van der Waals surface area contributed by atoms with Gasteiger partial charge in [0.05, 0.1) is 25.7 Å². The Morgan fingerprint density at radius 1 is 1.33 bits per heavy atom. The molecule has 0 amide bonds. The molecule has 0 aliphatic carbocycles. The van der Waals surface area contributed by atoms with Crippen LogP contribution in [0.4, 0.5) is 0 Å². The molecule has 2 aromatic rings. The number of rotatable bonds is 4. The highest BCUT2D eigenvalue weighted by atomic mass is 16.5. The van der Waals surface area contributed by atoms with Crippen molar-refractivity contribution in [1.82, 2.24) is 4.98 Å². The van der Waals surface area contributed by atoms with Crippen LogP contribution in [0.25, 0.3) is 10.9 Å². The van der Waals surface area contributed by atoms with Gasteiger partial charge in [-0.2, -0.15) is 0 Å². The van der Waals surface area contributed by atoms with Gasteiger partial charge < -0.3 is 9.22 Å². The third-order valence-electron chi connectivity index (χ3n) is 6.48. The van der Waals surface area contributed by atoms with Crippen molar-refractivity contribution in [3.05, 3.63) is 54.7 Å². The molecule has 0 spiro atoms. The van der Waals surface area contributed by atoms with Crippen LogP contribution in [0.3, 0.4) is 0 Å². The van der Waals surface area contributed by atoms with Crippen molar-refractivity contribution in [1.29, 1.82) is 0 Å². The monoisotopic (exact) mass is 323 g/mol. The minimum Gasteiger partial charge on any atom is -0.370 e. The van der Waals surface area contributed by atoms with E-state index in [0.29, 0.717) is 12.0 Å². The van der Waals surface area contributed by atoms with Gasteiger partial charge in [-0.15, -0.1) is 6.58 Å². The Morgan fingerprint density at radius 3 is 2.92 bits per heavy atom. The molecule has 2 unspecified atom stereocenters. The molecule has 3 saturated heterocycles. The lowest BCUT2D eigenvalue weighted by Gasteiger charge is -2.56. The number of benzene rings is 1. The zero-order chi connectivity index (χ0) is 16.7. The first-order valence-corrected chi connectivity index (χ1v) is 8.99. The van der Waals surface area contributed by atoms with Gasteiger partial charge in [0.1, 0.15) is 12.1 Å². The quantitative estimate of drug-likeness (QED) is 0.627. The van der Waals surface area contributed by atoms with E-state index in [0.717, 1.165) is 15.9 Å². The number of nitrogens with zero attached hydrogens (tertiary/aromatic N) is 2. The predicted molar refractivity (Wildman–Crippen MR) is 97.6 cm³/mol. The molecule has 3 fully saturated rings. The van der Waals surface area contributed by atoms with E-state index in [1.807, 2.05) is 13.3 Å². The zero-order valence-electron chi connectivity index (χ0n) is 14.7. The molecule has 4 heterocycles. The number of pyridine rings is 1. The number of piperidine rings is 3. The van der Waals surface area contributed by atoms with Crippen molar-refractivity contribution in [3.63, 3.8) is 0 Å². The Kier molecular flexibility index (Phi) is 3.93. The Balaban J connectivity index is 1.75. The number of hydrogen-bond acceptors (Lipinski definition) is 2. The van der Waals surface area contributed by atoms with E-state index in [-0.39, 0.29) is 6.10 Å². The van der Waals surface area contributed by atoms with Crippen LogP contribution < -0.4 is 0 Å². The fourth-order valence-electron chi connectivity index (χ4n) is 5.13. The van der Waals surface area contributed by atoms with E-state index in [2.05, 4.69) is 55.0 Å². The maximum Gasteiger partial charge on any atom is 0.134 e. The summed E-state index contributed by atoms with van der Waals surface area (Å²) in [5.74, 6) is 1.42. The van der Waals surface area contributed by atoms with Gasteiger partial charge in [0.2, 0.25) is 0 Å². The molecule has 1 aromatic carbocycles. The number of fused-ring (bicyclic) bond motifs is 4. The van der Waals surface area contributed by atoms with Gasteiger partial charge >= 0.3 is 0 Å². The summed E-state index contributed by atoms with van der Waals surface area (Å²) in [6.45, 7) is 6.52. The van der Waals surface area contributed by atoms with Gasteiger partial charge in [-0.05, 0) is 23.6 Å². The number of para-hydroxylation sites is 1. The van der Waals surface area contributed by atoms with Crippen molar-refractivity contribution in [2.24, 2.45) is 11.8 Å². The van der Waals surface area contributed by atoms with Crippen molar-refractivity contribution in [3.8, 4) is 0 Å². The van der Waals surface area contributed by atoms with Crippen molar-refractivity contribution in [2.75, 3.05) is 27.2 Å². The first-order valence-electron chi connectivity index (χ1n) is 8.99. The molecule has 126 valence electrons. The van der Waals surface area contributed by atoms with Gasteiger partial charge in [-0.1, -0.05) is 24.3 Å². The number of quaternary nitrogens is 1. The second-order valence-electron chi connectivity index (χ2n) is 7.71. The van der Waals surface area contributed by atoms with Gasteiger partial charge in [0, 0.05) is 37.5 Å². The van der Waals surface area contributed by atoms with Crippen molar-refractivity contribution < 1.29 is 9.22 Å². The maximum absolute atomic E-state index is 6.10. The summed E-state index contributed by atoms with van der Waals surface area (Å²) >= 11 is 0. The average molecular weight is 323 g/mol. The molecule has 0 radical (unpaired) electrons. The molecule has 0 N–H and O–H groups in total. The SMILES string of the molecule is C=C[C@H]1C[N@+]2(C)CCC1CC2[C@H](OC)c1ccnc2ccccc12. The van der Waals surface area contributed by atoms with E-state index < -0.39 is 0 Å². The van der Waals surface area contributed by atoms with Crippen LogP contribution in [0, 0.1) is 11.8 Å². The molecule has 0 saturated carbocycles. The molecule has 3 heteroatoms. The van der Waals surface area contributed by atoms with Gasteiger partial charge in [-0.25, -0.2) is 0 Å². The lowest BCUT2D eigenvalue weighted by atomic mass is 9.71. The summed E-state index contributed by atoms with van der Waals surface area (Å²) < 4.78 is 7.20. The standard InChI is InChI=1S/C21H27N2O/c1-4-15-14-23(2)12-10-16(15)13-20(23)21(24-3)18-9-11-22-19-8-6-5-7-17(18)19/h4-9,11,15-16,20-21H,1,10,12-14H2,2-3H3/q+1/t15-,16?,20?,21+,23-/m0/s1. The third-order valence-corrected chi connectivity index (χ3v) is 6.48. The number of methoxy groups -OCH3 is 1. The highest BCUT2D eigenvalue weighted by Gasteiger charge is 2.52. The Bertz CT molecular complexity index is 753. The van der Waals surface area contributed by atoms with Crippen LogP contribution in [0.2, 0.25) is 0 Å². The molecule has 24 heavy (non-hydrogen) atoms. The Hall–Kier alpha value is -1.71. The summed E-state index contributed by atoms with van der Waals surface area (Å²) in [4.78, 5) is 4.52. The molecule has 5 atom stereocenters. The van der Waals surface area contributed by atoms with Crippen LogP contribution in [0.15, 0.2) is 49.2 Å². The van der Waals surface area contributed by atoms with Crippen molar-refractivity contribution in [2.45, 2.75) is 25.0 Å².